The Morgan fingerprint density at radius 2 is 2.12 bits per heavy atom. The number of nitrogens with one attached hydrogen (secondary N) is 1. The predicted octanol–water partition coefficient (Wildman–Crippen LogP) is 4.19. The van der Waals surface area contributed by atoms with E-state index in [0.29, 0.717) is 0 Å². The van der Waals surface area contributed by atoms with Crippen molar-refractivity contribution >= 4 is 11.3 Å². The summed E-state index contributed by atoms with van der Waals surface area (Å²) >= 11 is 2.03. The molecule has 0 radical (unpaired) electrons. The predicted molar refractivity (Wildman–Crippen MR) is 76.9 cm³/mol. The molecule has 0 aliphatic heterocycles. The summed E-state index contributed by atoms with van der Waals surface area (Å²) < 4.78 is 0. The largest absolute Gasteiger partial charge is 0.314 e. The van der Waals surface area contributed by atoms with E-state index in [-0.39, 0.29) is 0 Å². The Kier molecular flexibility index (Phi) is 4.63. The topological polar surface area (TPSA) is 12.0 Å². The van der Waals surface area contributed by atoms with E-state index in [2.05, 4.69) is 38.2 Å². The zero-order valence-corrected chi connectivity index (χ0v) is 12.1. The van der Waals surface area contributed by atoms with E-state index in [4.69, 9.17) is 0 Å². The van der Waals surface area contributed by atoms with E-state index in [1.54, 1.807) is 9.75 Å². The molecule has 1 N–H and O–H groups in total. The van der Waals surface area contributed by atoms with Crippen molar-refractivity contribution in [2.24, 2.45) is 5.92 Å². The highest BCUT2D eigenvalue weighted by Crippen LogP contribution is 2.46. The molecule has 1 aromatic rings. The standard InChI is InChI=1S/C15H25NS/c1-4-9-16-14-10-13(12(14)6-3)15-8-7-11(5-2)17-15/h7-8,12-14,16H,4-6,9-10H2,1-3H3. The Labute approximate surface area is 110 Å². The Balaban J connectivity index is 1.94. The highest BCUT2D eigenvalue weighted by molar-refractivity contribution is 7.12. The third-order valence-electron chi connectivity index (χ3n) is 4.07. The second-order valence-electron chi connectivity index (χ2n) is 5.13. The lowest BCUT2D eigenvalue weighted by Gasteiger charge is -2.45. The van der Waals surface area contributed by atoms with E-state index in [9.17, 15) is 0 Å². The molecule has 1 aromatic heterocycles. The van der Waals surface area contributed by atoms with Crippen LogP contribution in [0.4, 0.5) is 0 Å². The van der Waals surface area contributed by atoms with Gasteiger partial charge >= 0.3 is 0 Å². The second-order valence-corrected chi connectivity index (χ2v) is 6.33. The summed E-state index contributed by atoms with van der Waals surface area (Å²) in [6.45, 7) is 8.01. The first-order valence-corrected chi connectivity index (χ1v) is 7.93. The van der Waals surface area contributed by atoms with Crippen LogP contribution in [0.3, 0.4) is 0 Å². The smallest absolute Gasteiger partial charge is 0.0108 e. The highest BCUT2D eigenvalue weighted by atomic mass is 32.1. The van der Waals surface area contributed by atoms with Crippen molar-refractivity contribution in [2.75, 3.05) is 6.54 Å². The van der Waals surface area contributed by atoms with Crippen LogP contribution in [0.1, 0.15) is 55.7 Å². The lowest BCUT2D eigenvalue weighted by molar-refractivity contribution is 0.163. The number of hydrogen-bond donors (Lipinski definition) is 1. The molecular weight excluding hydrogens is 226 g/mol. The molecule has 2 heteroatoms. The lowest BCUT2D eigenvalue weighted by atomic mass is 9.67. The molecule has 1 aliphatic carbocycles. The SMILES string of the molecule is CCCNC1CC(c2ccc(CC)s2)C1CC. The zero-order valence-electron chi connectivity index (χ0n) is 11.3. The van der Waals surface area contributed by atoms with Crippen molar-refractivity contribution in [3.05, 3.63) is 21.9 Å². The minimum atomic E-state index is 0.775. The molecule has 1 nitrogen and oxygen atoms in total. The van der Waals surface area contributed by atoms with Gasteiger partial charge in [-0.2, -0.15) is 0 Å². The summed E-state index contributed by atoms with van der Waals surface area (Å²) in [5.74, 6) is 1.70. The first-order valence-electron chi connectivity index (χ1n) is 7.12. The minimum absolute atomic E-state index is 0.775. The van der Waals surface area contributed by atoms with Crippen molar-refractivity contribution in [1.29, 1.82) is 0 Å². The Morgan fingerprint density at radius 1 is 1.29 bits per heavy atom. The maximum atomic E-state index is 3.69. The van der Waals surface area contributed by atoms with Crippen molar-refractivity contribution in [3.63, 3.8) is 0 Å². The number of aryl methyl sites for hydroxylation is 1. The van der Waals surface area contributed by atoms with Gasteiger partial charge in [-0.05, 0) is 49.8 Å². The first-order chi connectivity index (χ1) is 8.30. The highest BCUT2D eigenvalue weighted by Gasteiger charge is 2.40. The molecule has 1 saturated carbocycles. The number of rotatable bonds is 6. The average molecular weight is 251 g/mol. The lowest BCUT2D eigenvalue weighted by Crippen LogP contribution is -2.48. The van der Waals surface area contributed by atoms with Gasteiger partial charge in [0.25, 0.3) is 0 Å². The molecule has 17 heavy (non-hydrogen) atoms. The molecule has 1 aliphatic rings. The van der Waals surface area contributed by atoms with Crippen LogP contribution < -0.4 is 5.32 Å². The van der Waals surface area contributed by atoms with Gasteiger partial charge in [-0.25, -0.2) is 0 Å². The van der Waals surface area contributed by atoms with Gasteiger partial charge in [-0.3, -0.25) is 0 Å². The van der Waals surface area contributed by atoms with Crippen LogP contribution >= 0.6 is 11.3 Å². The Morgan fingerprint density at radius 3 is 2.71 bits per heavy atom. The summed E-state index contributed by atoms with van der Waals surface area (Å²) in [5, 5.41) is 3.69. The maximum absolute atomic E-state index is 3.69. The van der Waals surface area contributed by atoms with Gasteiger partial charge in [-0.15, -0.1) is 11.3 Å². The first kappa shape index (κ1) is 13.1. The maximum Gasteiger partial charge on any atom is 0.0108 e. The van der Waals surface area contributed by atoms with E-state index in [1.165, 1.54) is 32.2 Å². The van der Waals surface area contributed by atoms with Crippen molar-refractivity contribution < 1.29 is 0 Å². The molecule has 1 heterocycles. The molecule has 0 bridgehead atoms. The summed E-state index contributed by atoms with van der Waals surface area (Å²) in [6.07, 6.45) is 5.09. The van der Waals surface area contributed by atoms with Crippen molar-refractivity contribution in [2.45, 2.75) is 58.4 Å². The second kappa shape index (κ2) is 6.01. The molecule has 96 valence electrons. The van der Waals surface area contributed by atoms with E-state index in [0.717, 1.165) is 17.9 Å². The quantitative estimate of drug-likeness (QED) is 0.799. The molecule has 3 atom stereocenters. The van der Waals surface area contributed by atoms with Gasteiger partial charge in [0.2, 0.25) is 0 Å². The van der Waals surface area contributed by atoms with Gasteiger partial charge in [0.15, 0.2) is 0 Å². The molecule has 2 rings (SSSR count). The van der Waals surface area contributed by atoms with Crippen molar-refractivity contribution in [3.8, 4) is 0 Å². The van der Waals surface area contributed by atoms with Gasteiger partial charge in [0.1, 0.15) is 0 Å². The normalized spacial score (nSPS) is 28.1. The van der Waals surface area contributed by atoms with Crippen LogP contribution in [0.25, 0.3) is 0 Å². The third kappa shape index (κ3) is 2.74. The fraction of sp³-hybridized carbons (Fsp3) is 0.733. The fourth-order valence-corrected chi connectivity index (χ4v) is 4.09. The Bertz CT molecular complexity index is 344. The molecule has 0 saturated heterocycles. The van der Waals surface area contributed by atoms with Crippen LogP contribution in [0.15, 0.2) is 12.1 Å². The molecule has 0 spiro atoms. The average Bonchev–Trinajstić information content (AvgIpc) is 2.77. The van der Waals surface area contributed by atoms with Crippen LogP contribution in [0, 0.1) is 5.92 Å². The van der Waals surface area contributed by atoms with Gasteiger partial charge in [-0.1, -0.05) is 27.2 Å². The van der Waals surface area contributed by atoms with Crippen molar-refractivity contribution in [1.82, 2.24) is 5.32 Å². The van der Waals surface area contributed by atoms with E-state index < -0.39 is 0 Å². The van der Waals surface area contributed by atoms with Crippen LogP contribution in [-0.2, 0) is 6.42 Å². The van der Waals surface area contributed by atoms with E-state index >= 15 is 0 Å². The Hall–Kier alpha value is -0.340. The number of thiophene rings is 1. The summed E-state index contributed by atoms with van der Waals surface area (Å²) in [4.78, 5) is 3.17. The van der Waals surface area contributed by atoms with Crippen LogP contribution in [-0.4, -0.2) is 12.6 Å². The molecule has 0 aromatic carbocycles. The molecular formula is C15H25NS. The number of hydrogen-bond acceptors (Lipinski definition) is 2. The van der Waals surface area contributed by atoms with Gasteiger partial charge < -0.3 is 5.32 Å². The minimum Gasteiger partial charge on any atom is -0.314 e. The van der Waals surface area contributed by atoms with E-state index in [1.807, 2.05) is 11.3 Å². The van der Waals surface area contributed by atoms with Crippen LogP contribution in [0.5, 0.6) is 0 Å². The van der Waals surface area contributed by atoms with Crippen LogP contribution in [0.2, 0.25) is 0 Å². The zero-order chi connectivity index (χ0) is 12.3. The van der Waals surface area contributed by atoms with Gasteiger partial charge in [0.05, 0.1) is 0 Å². The monoisotopic (exact) mass is 251 g/mol. The molecule has 3 unspecified atom stereocenters. The summed E-state index contributed by atoms with van der Waals surface area (Å²) in [6, 6.07) is 5.46. The third-order valence-corrected chi connectivity index (χ3v) is 5.43. The van der Waals surface area contributed by atoms with Gasteiger partial charge in [0, 0.05) is 15.8 Å². The summed E-state index contributed by atoms with van der Waals surface area (Å²) in [5.41, 5.74) is 0. The molecule has 0 amide bonds. The molecule has 1 fully saturated rings. The fourth-order valence-electron chi connectivity index (χ4n) is 2.95. The summed E-state index contributed by atoms with van der Waals surface area (Å²) in [7, 11) is 0.